The van der Waals surface area contributed by atoms with E-state index in [0.717, 1.165) is 22.0 Å². The van der Waals surface area contributed by atoms with Crippen LogP contribution in [0.4, 0.5) is 0 Å². The van der Waals surface area contributed by atoms with Crippen molar-refractivity contribution in [2.75, 3.05) is 6.61 Å². The van der Waals surface area contributed by atoms with Crippen molar-refractivity contribution in [3.63, 3.8) is 0 Å². The summed E-state index contributed by atoms with van der Waals surface area (Å²) in [6.07, 6.45) is 0. The van der Waals surface area contributed by atoms with Crippen molar-refractivity contribution in [2.24, 2.45) is 0 Å². The molecule has 1 heterocycles. The van der Waals surface area contributed by atoms with Gasteiger partial charge >= 0.3 is 5.97 Å². The van der Waals surface area contributed by atoms with E-state index in [1.54, 1.807) is 31.2 Å². The molecule has 0 fully saturated rings. The van der Waals surface area contributed by atoms with Crippen LogP contribution in [0.1, 0.15) is 17.3 Å². The number of pyridine rings is 1. The Labute approximate surface area is 163 Å². The average molecular weight is 369 g/mol. The highest BCUT2D eigenvalue weighted by atomic mass is 16.5. The third kappa shape index (κ3) is 3.71. The van der Waals surface area contributed by atoms with Crippen molar-refractivity contribution in [1.82, 2.24) is 4.98 Å². The summed E-state index contributed by atoms with van der Waals surface area (Å²) in [5.74, 6) is 0.792. The van der Waals surface area contributed by atoms with E-state index in [0.29, 0.717) is 23.8 Å². The van der Waals surface area contributed by atoms with Gasteiger partial charge in [0.1, 0.15) is 5.75 Å². The number of esters is 1. The van der Waals surface area contributed by atoms with Crippen molar-refractivity contribution in [2.45, 2.75) is 6.92 Å². The lowest BCUT2D eigenvalue weighted by molar-refractivity contribution is 0.0526. The first-order valence-corrected chi connectivity index (χ1v) is 9.15. The molecule has 0 radical (unpaired) electrons. The molecule has 28 heavy (non-hydrogen) atoms. The van der Waals surface area contributed by atoms with E-state index in [4.69, 9.17) is 14.5 Å². The molecule has 0 N–H and O–H groups in total. The molecule has 0 spiro atoms. The van der Waals surface area contributed by atoms with Gasteiger partial charge in [-0.3, -0.25) is 0 Å². The Kier molecular flexibility index (Phi) is 5.02. The molecule has 4 nitrogen and oxygen atoms in total. The monoisotopic (exact) mass is 369 g/mol. The number of carbonyl (C=O) groups is 1. The molecule has 0 amide bonds. The highest BCUT2D eigenvalue weighted by molar-refractivity contribution is 5.91. The van der Waals surface area contributed by atoms with Gasteiger partial charge in [-0.05, 0) is 48.7 Å². The van der Waals surface area contributed by atoms with E-state index in [1.165, 1.54) is 0 Å². The highest BCUT2D eigenvalue weighted by Crippen LogP contribution is 2.32. The van der Waals surface area contributed by atoms with Gasteiger partial charge in [-0.2, -0.15) is 0 Å². The van der Waals surface area contributed by atoms with Gasteiger partial charge in [-0.25, -0.2) is 9.78 Å². The van der Waals surface area contributed by atoms with Crippen molar-refractivity contribution < 1.29 is 14.3 Å². The molecular formula is C24H19NO3. The number of ether oxygens (including phenoxy) is 2. The topological polar surface area (TPSA) is 48.4 Å². The SMILES string of the molecule is CCOC(=O)c1ccc(Oc2nc(-c3ccccc3)cc3ccccc23)cc1. The van der Waals surface area contributed by atoms with Crippen LogP contribution in [-0.4, -0.2) is 17.6 Å². The maximum atomic E-state index is 11.8. The summed E-state index contributed by atoms with van der Waals surface area (Å²) in [4.78, 5) is 16.6. The normalized spacial score (nSPS) is 10.6. The summed E-state index contributed by atoms with van der Waals surface area (Å²) in [6, 6.07) is 26.9. The molecule has 0 saturated carbocycles. The molecule has 4 rings (SSSR count). The van der Waals surface area contributed by atoms with Crippen LogP contribution in [0.25, 0.3) is 22.0 Å². The summed E-state index contributed by atoms with van der Waals surface area (Å²) in [5, 5.41) is 1.98. The second-order valence-corrected chi connectivity index (χ2v) is 6.25. The second-order valence-electron chi connectivity index (χ2n) is 6.25. The lowest BCUT2D eigenvalue weighted by Gasteiger charge is -2.11. The Bertz CT molecular complexity index is 1110. The first-order valence-electron chi connectivity index (χ1n) is 9.15. The van der Waals surface area contributed by atoms with Gasteiger partial charge in [-0.15, -0.1) is 0 Å². The van der Waals surface area contributed by atoms with Crippen molar-refractivity contribution >= 4 is 16.7 Å². The summed E-state index contributed by atoms with van der Waals surface area (Å²) in [6.45, 7) is 2.13. The van der Waals surface area contributed by atoms with Crippen LogP contribution in [0.3, 0.4) is 0 Å². The quantitative estimate of drug-likeness (QED) is 0.413. The smallest absolute Gasteiger partial charge is 0.338 e. The number of benzene rings is 3. The van der Waals surface area contributed by atoms with Crippen LogP contribution < -0.4 is 4.74 Å². The zero-order valence-corrected chi connectivity index (χ0v) is 15.5. The van der Waals surface area contributed by atoms with Gasteiger partial charge in [0.25, 0.3) is 0 Å². The highest BCUT2D eigenvalue weighted by Gasteiger charge is 2.11. The second kappa shape index (κ2) is 7.92. The summed E-state index contributed by atoms with van der Waals surface area (Å²) in [5.41, 5.74) is 2.36. The molecule has 1 aromatic heterocycles. The van der Waals surface area contributed by atoms with Gasteiger partial charge < -0.3 is 9.47 Å². The Hall–Kier alpha value is -3.66. The minimum atomic E-state index is -0.344. The molecule has 0 bridgehead atoms. The molecular weight excluding hydrogens is 350 g/mol. The minimum absolute atomic E-state index is 0.344. The van der Waals surface area contributed by atoms with Gasteiger partial charge in [-0.1, -0.05) is 48.5 Å². The van der Waals surface area contributed by atoms with E-state index in [-0.39, 0.29) is 5.97 Å². The van der Waals surface area contributed by atoms with E-state index in [9.17, 15) is 4.79 Å². The fourth-order valence-electron chi connectivity index (χ4n) is 2.99. The molecule has 0 saturated heterocycles. The van der Waals surface area contributed by atoms with Crippen LogP contribution in [-0.2, 0) is 4.74 Å². The van der Waals surface area contributed by atoms with E-state index < -0.39 is 0 Å². The summed E-state index contributed by atoms with van der Waals surface area (Å²) < 4.78 is 11.1. The Balaban J connectivity index is 1.71. The van der Waals surface area contributed by atoms with E-state index in [2.05, 4.69) is 6.07 Å². The van der Waals surface area contributed by atoms with Gasteiger partial charge in [0.05, 0.1) is 17.9 Å². The van der Waals surface area contributed by atoms with Crippen LogP contribution in [0, 0.1) is 0 Å². The average Bonchev–Trinajstić information content (AvgIpc) is 2.75. The number of hydrogen-bond acceptors (Lipinski definition) is 4. The van der Waals surface area contributed by atoms with Crippen molar-refractivity contribution in [3.8, 4) is 22.9 Å². The largest absolute Gasteiger partial charge is 0.462 e. The molecule has 4 heteroatoms. The van der Waals surface area contributed by atoms with Crippen molar-refractivity contribution in [1.29, 1.82) is 0 Å². The number of nitrogens with zero attached hydrogens (tertiary/aromatic N) is 1. The molecule has 0 unspecified atom stereocenters. The number of carbonyl (C=O) groups excluding carboxylic acids is 1. The van der Waals surface area contributed by atoms with Gasteiger partial charge in [0.15, 0.2) is 0 Å². The minimum Gasteiger partial charge on any atom is -0.462 e. The van der Waals surface area contributed by atoms with Gasteiger partial charge in [0, 0.05) is 10.9 Å². The molecule has 138 valence electrons. The maximum absolute atomic E-state index is 11.8. The summed E-state index contributed by atoms with van der Waals surface area (Å²) in [7, 11) is 0. The lowest BCUT2D eigenvalue weighted by Crippen LogP contribution is -2.04. The summed E-state index contributed by atoms with van der Waals surface area (Å²) >= 11 is 0. The third-order valence-electron chi connectivity index (χ3n) is 4.35. The number of fused-ring (bicyclic) bond motifs is 1. The number of aromatic nitrogens is 1. The van der Waals surface area contributed by atoms with Crippen LogP contribution in [0.5, 0.6) is 11.6 Å². The third-order valence-corrected chi connectivity index (χ3v) is 4.35. The first kappa shape index (κ1) is 17.7. The number of rotatable bonds is 5. The molecule has 3 aromatic carbocycles. The number of hydrogen-bond donors (Lipinski definition) is 0. The Morgan fingerprint density at radius 3 is 2.36 bits per heavy atom. The van der Waals surface area contributed by atoms with Crippen LogP contribution >= 0.6 is 0 Å². The fourth-order valence-corrected chi connectivity index (χ4v) is 2.99. The molecule has 0 aliphatic heterocycles. The maximum Gasteiger partial charge on any atom is 0.338 e. The molecule has 4 aromatic rings. The van der Waals surface area contributed by atoms with E-state index >= 15 is 0 Å². The van der Waals surface area contributed by atoms with E-state index in [1.807, 2.05) is 54.6 Å². The lowest BCUT2D eigenvalue weighted by atomic mass is 10.1. The Morgan fingerprint density at radius 2 is 1.61 bits per heavy atom. The zero-order valence-electron chi connectivity index (χ0n) is 15.5. The predicted molar refractivity (Wildman–Crippen MR) is 110 cm³/mol. The first-order chi connectivity index (χ1) is 13.7. The molecule has 0 aliphatic rings. The zero-order chi connectivity index (χ0) is 19.3. The predicted octanol–water partition coefficient (Wildman–Crippen LogP) is 5.87. The molecule has 0 aliphatic carbocycles. The van der Waals surface area contributed by atoms with Crippen LogP contribution in [0.15, 0.2) is 84.9 Å². The Morgan fingerprint density at radius 1 is 0.893 bits per heavy atom. The van der Waals surface area contributed by atoms with Gasteiger partial charge in [0.2, 0.25) is 5.88 Å². The van der Waals surface area contributed by atoms with Crippen molar-refractivity contribution in [3.05, 3.63) is 90.5 Å². The standard InChI is InChI=1S/C24H19NO3/c1-2-27-24(26)18-12-14-20(15-13-18)28-23-21-11-7-6-10-19(21)16-22(25-23)17-8-4-3-5-9-17/h3-16H,2H2,1H3. The fraction of sp³-hybridized carbons (Fsp3) is 0.0833. The molecule has 0 atom stereocenters. The van der Waals surface area contributed by atoms with Crippen LogP contribution in [0.2, 0.25) is 0 Å².